The largest absolute Gasteiger partial charge is 0.323 e. The fourth-order valence-electron chi connectivity index (χ4n) is 1.65. The number of carbonyl (C=O) groups excluding carboxylic acids is 1. The minimum atomic E-state index is -3.78. The Bertz CT molecular complexity index is 633. The molecule has 1 amide bonds. The Kier molecular flexibility index (Phi) is 2.93. The van der Waals surface area contributed by atoms with Crippen LogP contribution in [0.15, 0.2) is 27.6 Å². The van der Waals surface area contributed by atoms with E-state index in [9.17, 15) is 13.2 Å². The van der Waals surface area contributed by atoms with Gasteiger partial charge in [-0.05, 0) is 28.1 Å². The molecule has 1 aliphatic rings. The van der Waals surface area contributed by atoms with Crippen molar-refractivity contribution < 1.29 is 13.2 Å². The first kappa shape index (κ1) is 12.1. The molecule has 2 rings (SSSR count). The van der Waals surface area contributed by atoms with Crippen molar-refractivity contribution in [2.24, 2.45) is 0 Å². The molecule has 7 heteroatoms. The normalized spacial score (nSPS) is 21.2. The van der Waals surface area contributed by atoms with Crippen molar-refractivity contribution in [1.29, 1.82) is 5.26 Å². The molecule has 1 aliphatic heterocycles. The second-order valence-corrected chi connectivity index (χ2v) is 6.45. The molecule has 0 fully saturated rings. The Labute approximate surface area is 106 Å². The third kappa shape index (κ3) is 1.83. The Morgan fingerprint density at radius 2 is 2.18 bits per heavy atom. The predicted molar refractivity (Wildman–Crippen MR) is 64.0 cm³/mol. The van der Waals surface area contributed by atoms with Crippen LogP contribution in [-0.2, 0) is 14.6 Å². The van der Waals surface area contributed by atoms with Gasteiger partial charge in [0, 0.05) is 4.47 Å². The summed E-state index contributed by atoms with van der Waals surface area (Å²) in [5.41, 5.74) is 0.242. The summed E-state index contributed by atoms with van der Waals surface area (Å²) in [6, 6.07) is 6.34. The van der Waals surface area contributed by atoms with E-state index >= 15 is 0 Å². The smallest absolute Gasteiger partial charge is 0.244 e. The molecule has 0 aliphatic carbocycles. The van der Waals surface area contributed by atoms with E-state index in [-0.39, 0.29) is 17.0 Å². The van der Waals surface area contributed by atoms with Crippen molar-refractivity contribution in [3.63, 3.8) is 0 Å². The molecule has 0 aromatic heterocycles. The molecule has 0 radical (unpaired) electrons. The maximum Gasteiger partial charge on any atom is 0.244 e. The maximum absolute atomic E-state index is 12.1. The van der Waals surface area contributed by atoms with Crippen molar-refractivity contribution in [3.05, 3.63) is 22.7 Å². The maximum atomic E-state index is 12.1. The summed E-state index contributed by atoms with van der Waals surface area (Å²) in [5.74, 6) is -0.661. The van der Waals surface area contributed by atoms with Gasteiger partial charge >= 0.3 is 0 Å². The van der Waals surface area contributed by atoms with Gasteiger partial charge in [-0.25, -0.2) is 8.42 Å². The molecule has 1 N–H and O–H groups in total. The summed E-state index contributed by atoms with van der Waals surface area (Å²) in [5, 5.41) is 9.75. The fraction of sp³-hybridized carbons (Fsp3) is 0.200. The van der Waals surface area contributed by atoms with E-state index < -0.39 is 21.0 Å². The third-order valence-electron chi connectivity index (χ3n) is 2.47. The van der Waals surface area contributed by atoms with Crippen molar-refractivity contribution in [3.8, 4) is 6.07 Å². The molecular weight excluding hydrogens is 308 g/mol. The molecule has 0 bridgehead atoms. The average Bonchev–Trinajstić information content (AvgIpc) is 2.26. The van der Waals surface area contributed by atoms with Crippen LogP contribution in [0.2, 0.25) is 0 Å². The number of fused-ring (bicyclic) bond motifs is 1. The highest BCUT2D eigenvalue weighted by Gasteiger charge is 2.40. The fourth-order valence-corrected chi connectivity index (χ4v) is 3.90. The molecule has 0 spiro atoms. The summed E-state index contributed by atoms with van der Waals surface area (Å²) in [7, 11) is -3.78. The van der Waals surface area contributed by atoms with Crippen LogP contribution in [0.4, 0.5) is 5.69 Å². The zero-order valence-electron chi connectivity index (χ0n) is 8.47. The number of nitriles is 1. The number of sulfone groups is 1. The number of hydrogen-bond donors (Lipinski definition) is 1. The zero-order valence-corrected chi connectivity index (χ0v) is 10.9. The molecule has 1 heterocycles. The second kappa shape index (κ2) is 4.13. The molecule has 1 atom stereocenters. The van der Waals surface area contributed by atoms with E-state index in [0.29, 0.717) is 4.47 Å². The molecule has 17 heavy (non-hydrogen) atoms. The van der Waals surface area contributed by atoms with Gasteiger partial charge in [0.1, 0.15) is 0 Å². The van der Waals surface area contributed by atoms with E-state index in [0.717, 1.165) is 0 Å². The van der Waals surface area contributed by atoms with Crippen molar-refractivity contribution in [2.45, 2.75) is 16.6 Å². The van der Waals surface area contributed by atoms with Crippen LogP contribution in [0.3, 0.4) is 0 Å². The number of anilines is 1. The zero-order chi connectivity index (χ0) is 12.6. The summed E-state index contributed by atoms with van der Waals surface area (Å²) in [6.07, 6.45) is -0.347. The third-order valence-corrected chi connectivity index (χ3v) is 5.22. The summed E-state index contributed by atoms with van der Waals surface area (Å²) >= 11 is 3.18. The summed E-state index contributed by atoms with van der Waals surface area (Å²) in [4.78, 5) is 11.7. The molecular formula is C10H7BrN2O3S. The summed E-state index contributed by atoms with van der Waals surface area (Å²) < 4.78 is 24.8. The molecule has 0 saturated carbocycles. The molecule has 1 aromatic carbocycles. The highest BCUT2D eigenvalue weighted by Crippen LogP contribution is 2.36. The minimum absolute atomic E-state index is 0.0479. The van der Waals surface area contributed by atoms with E-state index in [1.807, 2.05) is 0 Å². The average molecular weight is 315 g/mol. The van der Waals surface area contributed by atoms with Gasteiger partial charge in [-0.2, -0.15) is 5.26 Å². The Morgan fingerprint density at radius 3 is 2.82 bits per heavy atom. The second-order valence-electron chi connectivity index (χ2n) is 3.50. The Morgan fingerprint density at radius 1 is 1.47 bits per heavy atom. The number of amides is 1. The van der Waals surface area contributed by atoms with Crippen LogP contribution in [0.5, 0.6) is 0 Å². The highest BCUT2D eigenvalue weighted by molar-refractivity contribution is 9.10. The monoisotopic (exact) mass is 314 g/mol. The molecule has 1 aromatic rings. The van der Waals surface area contributed by atoms with Gasteiger partial charge in [-0.1, -0.05) is 6.07 Å². The molecule has 5 nitrogen and oxygen atoms in total. The number of benzene rings is 1. The number of carbonyl (C=O) groups is 1. The quantitative estimate of drug-likeness (QED) is 0.850. The number of rotatable bonds is 1. The van der Waals surface area contributed by atoms with Gasteiger partial charge in [-0.15, -0.1) is 0 Å². The van der Waals surface area contributed by atoms with Gasteiger partial charge in [-0.3, -0.25) is 4.79 Å². The lowest BCUT2D eigenvalue weighted by atomic mass is 10.2. The minimum Gasteiger partial charge on any atom is -0.323 e. The Balaban J connectivity index is 2.67. The van der Waals surface area contributed by atoms with Crippen molar-refractivity contribution in [2.75, 3.05) is 5.32 Å². The van der Waals surface area contributed by atoms with Crippen LogP contribution >= 0.6 is 15.9 Å². The molecule has 88 valence electrons. The van der Waals surface area contributed by atoms with Crippen molar-refractivity contribution >= 4 is 37.4 Å². The number of nitrogens with one attached hydrogen (secondary N) is 1. The highest BCUT2D eigenvalue weighted by atomic mass is 79.9. The van der Waals surface area contributed by atoms with Crippen LogP contribution in [0.25, 0.3) is 0 Å². The van der Waals surface area contributed by atoms with Crippen LogP contribution in [-0.4, -0.2) is 19.6 Å². The lowest BCUT2D eigenvalue weighted by Crippen LogP contribution is -2.39. The predicted octanol–water partition coefficient (Wildman–Crippen LogP) is 1.46. The summed E-state index contributed by atoms with van der Waals surface area (Å²) in [6.45, 7) is 0. The van der Waals surface area contributed by atoms with Gasteiger partial charge in [0.2, 0.25) is 5.91 Å². The van der Waals surface area contributed by atoms with E-state index in [2.05, 4.69) is 21.2 Å². The molecule has 0 saturated heterocycles. The topological polar surface area (TPSA) is 87.0 Å². The van der Waals surface area contributed by atoms with Crippen molar-refractivity contribution in [1.82, 2.24) is 0 Å². The van der Waals surface area contributed by atoms with E-state index in [1.165, 1.54) is 6.07 Å². The van der Waals surface area contributed by atoms with E-state index in [4.69, 9.17) is 5.26 Å². The first-order valence-corrected chi connectivity index (χ1v) is 7.02. The van der Waals surface area contributed by atoms with Gasteiger partial charge in [0.15, 0.2) is 15.1 Å². The van der Waals surface area contributed by atoms with Gasteiger partial charge in [0.25, 0.3) is 0 Å². The lowest BCUT2D eigenvalue weighted by Gasteiger charge is -2.23. The number of hydrogen-bond acceptors (Lipinski definition) is 4. The van der Waals surface area contributed by atoms with Gasteiger partial charge < -0.3 is 5.32 Å². The van der Waals surface area contributed by atoms with Crippen LogP contribution in [0, 0.1) is 11.3 Å². The SMILES string of the molecule is N#CCC1C(=O)Nc2c(Br)cccc2S1(=O)=O. The number of para-hydroxylation sites is 1. The van der Waals surface area contributed by atoms with Gasteiger partial charge in [0.05, 0.1) is 23.1 Å². The van der Waals surface area contributed by atoms with Crippen LogP contribution < -0.4 is 5.32 Å². The number of halogens is 1. The lowest BCUT2D eigenvalue weighted by molar-refractivity contribution is -0.115. The first-order chi connectivity index (χ1) is 7.98. The Hall–Kier alpha value is -1.39. The standard InChI is InChI=1S/C10H7BrN2O3S/c11-6-2-1-3-7-9(6)13-10(14)8(4-5-12)17(7,15)16/h1-3,8H,4H2,(H,13,14). The first-order valence-electron chi connectivity index (χ1n) is 4.68. The molecule has 1 unspecified atom stereocenters. The van der Waals surface area contributed by atoms with E-state index in [1.54, 1.807) is 18.2 Å². The van der Waals surface area contributed by atoms with Crippen LogP contribution in [0.1, 0.15) is 6.42 Å². The number of nitrogens with zero attached hydrogens (tertiary/aromatic N) is 1.